The first-order valence-corrected chi connectivity index (χ1v) is 5.59. The van der Waals surface area contributed by atoms with E-state index in [4.69, 9.17) is 6.42 Å². The van der Waals surface area contributed by atoms with Crippen molar-refractivity contribution in [2.45, 2.75) is 37.7 Å². The van der Waals surface area contributed by atoms with Crippen molar-refractivity contribution >= 4 is 5.91 Å². The summed E-state index contributed by atoms with van der Waals surface area (Å²) in [6.07, 6.45) is 9.53. The monoisotopic (exact) mass is 207 g/mol. The van der Waals surface area contributed by atoms with Crippen LogP contribution in [0.15, 0.2) is 0 Å². The molecule has 1 amide bonds. The first kappa shape index (κ1) is 10.5. The van der Waals surface area contributed by atoms with Crippen LogP contribution in [0.25, 0.3) is 0 Å². The number of terminal acetylenes is 1. The van der Waals surface area contributed by atoms with Gasteiger partial charge < -0.3 is 10.0 Å². The van der Waals surface area contributed by atoms with Crippen molar-refractivity contribution in [3.8, 4) is 12.3 Å². The average Bonchev–Trinajstić information content (AvgIpc) is 2.75. The molecule has 1 aliphatic carbocycles. The normalized spacial score (nSPS) is 29.5. The van der Waals surface area contributed by atoms with Gasteiger partial charge in [-0.25, -0.2) is 0 Å². The fourth-order valence-electron chi connectivity index (χ4n) is 2.58. The van der Waals surface area contributed by atoms with Crippen molar-refractivity contribution in [3.05, 3.63) is 0 Å². The molecule has 2 aliphatic rings. The summed E-state index contributed by atoms with van der Waals surface area (Å²) < 4.78 is 0. The van der Waals surface area contributed by atoms with Gasteiger partial charge in [-0.15, -0.1) is 12.3 Å². The molecule has 2 rings (SSSR count). The number of nitrogens with zero attached hydrogens (tertiary/aromatic N) is 1. The molecular formula is C12H17NO2. The van der Waals surface area contributed by atoms with Crippen molar-refractivity contribution in [2.24, 2.45) is 5.92 Å². The third kappa shape index (κ3) is 2.15. The van der Waals surface area contributed by atoms with Crippen molar-refractivity contribution in [3.63, 3.8) is 0 Å². The van der Waals surface area contributed by atoms with Gasteiger partial charge in [0.2, 0.25) is 5.91 Å². The van der Waals surface area contributed by atoms with E-state index in [0.29, 0.717) is 19.5 Å². The van der Waals surface area contributed by atoms with E-state index in [1.807, 2.05) is 0 Å². The second kappa shape index (κ2) is 3.86. The highest BCUT2D eigenvalue weighted by Gasteiger charge is 2.37. The highest BCUT2D eigenvalue weighted by molar-refractivity contribution is 5.79. The summed E-state index contributed by atoms with van der Waals surface area (Å²) in [5.74, 6) is 2.76. The van der Waals surface area contributed by atoms with Crippen LogP contribution in [0.2, 0.25) is 0 Å². The van der Waals surface area contributed by atoms with E-state index >= 15 is 0 Å². The highest BCUT2D eigenvalue weighted by atomic mass is 16.3. The highest BCUT2D eigenvalue weighted by Crippen LogP contribution is 2.31. The van der Waals surface area contributed by atoms with Crippen LogP contribution in [0.5, 0.6) is 0 Å². The summed E-state index contributed by atoms with van der Waals surface area (Å²) >= 11 is 0. The maximum absolute atomic E-state index is 11.6. The molecule has 1 heterocycles. The first-order chi connectivity index (χ1) is 7.13. The molecule has 0 bridgehead atoms. The van der Waals surface area contributed by atoms with Crippen LogP contribution >= 0.6 is 0 Å². The molecule has 1 saturated heterocycles. The Bertz CT molecular complexity index is 299. The summed E-state index contributed by atoms with van der Waals surface area (Å²) in [5, 5.41) is 10.2. The fourth-order valence-corrected chi connectivity index (χ4v) is 2.58. The Labute approximate surface area is 90.5 Å². The topological polar surface area (TPSA) is 40.5 Å². The number of carbonyl (C=O) groups is 1. The lowest BCUT2D eigenvalue weighted by Crippen LogP contribution is -2.41. The third-order valence-corrected chi connectivity index (χ3v) is 3.47. The molecule has 2 fully saturated rings. The van der Waals surface area contributed by atoms with Crippen LogP contribution in [0.1, 0.15) is 32.1 Å². The predicted octanol–water partition coefficient (Wildman–Crippen LogP) is 0.773. The van der Waals surface area contributed by atoms with E-state index in [0.717, 1.165) is 25.7 Å². The van der Waals surface area contributed by atoms with Gasteiger partial charge in [0.25, 0.3) is 0 Å². The Morgan fingerprint density at radius 1 is 1.53 bits per heavy atom. The van der Waals surface area contributed by atoms with E-state index in [-0.39, 0.29) is 11.8 Å². The summed E-state index contributed by atoms with van der Waals surface area (Å²) in [6, 6.07) is 0. The number of amides is 1. The number of hydrogen-bond donors (Lipinski definition) is 1. The SMILES string of the molecule is C#CC1CC(=O)N(CC2(O)CCCC2)C1. The van der Waals surface area contributed by atoms with Gasteiger partial charge in [0.05, 0.1) is 5.60 Å². The molecule has 0 aromatic carbocycles. The Morgan fingerprint density at radius 3 is 2.73 bits per heavy atom. The lowest BCUT2D eigenvalue weighted by Gasteiger charge is -2.28. The van der Waals surface area contributed by atoms with E-state index < -0.39 is 5.60 Å². The van der Waals surface area contributed by atoms with Gasteiger partial charge >= 0.3 is 0 Å². The molecule has 0 radical (unpaired) electrons. The van der Waals surface area contributed by atoms with Gasteiger partial charge in [0, 0.05) is 25.4 Å². The molecule has 15 heavy (non-hydrogen) atoms. The maximum Gasteiger partial charge on any atom is 0.224 e. The molecule has 1 N–H and O–H groups in total. The summed E-state index contributed by atoms with van der Waals surface area (Å²) in [5.41, 5.74) is -0.640. The summed E-state index contributed by atoms with van der Waals surface area (Å²) in [7, 11) is 0. The molecule has 1 saturated carbocycles. The molecule has 0 aromatic rings. The van der Waals surface area contributed by atoms with E-state index in [1.54, 1.807) is 4.90 Å². The molecule has 82 valence electrons. The zero-order valence-electron chi connectivity index (χ0n) is 8.91. The van der Waals surface area contributed by atoms with Gasteiger partial charge in [-0.3, -0.25) is 4.79 Å². The minimum Gasteiger partial charge on any atom is -0.388 e. The third-order valence-electron chi connectivity index (χ3n) is 3.47. The van der Waals surface area contributed by atoms with Crippen LogP contribution in [0.3, 0.4) is 0 Å². The van der Waals surface area contributed by atoms with Crippen molar-refractivity contribution < 1.29 is 9.90 Å². The predicted molar refractivity (Wildman–Crippen MR) is 56.9 cm³/mol. The molecule has 1 aliphatic heterocycles. The van der Waals surface area contributed by atoms with Gasteiger partial charge in [0.15, 0.2) is 0 Å². The maximum atomic E-state index is 11.6. The van der Waals surface area contributed by atoms with Gasteiger partial charge in [-0.05, 0) is 12.8 Å². The quantitative estimate of drug-likeness (QED) is 0.680. The van der Waals surface area contributed by atoms with Crippen LogP contribution in [-0.4, -0.2) is 34.6 Å². The van der Waals surface area contributed by atoms with Gasteiger partial charge in [0.1, 0.15) is 0 Å². The zero-order chi connectivity index (χ0) is 10.9. The molecule has 0 spiro atoms. The largest absolute Gasteiger partial charge is 0.388 e. The Morgan fingerprint density at radius 2 is 2.20 bits per heavy atom. The summed E-state index contributed by atoms with van der Waals surface area (Å²) in [6.45, 7) is 1.10. The second-order valence-corrected chi connectivity index (χ2v) is 4.77. The Balaban J connectivity index is 1.95. The number of β-amino-alcohol motifs (C(OH)–C–C–N with tert-alkyl or cyclic N) is 1. The minimum absolute atomic E-state index is 0.0440. The Kier molecular flexibility index (Phi) is 2.70. The average molecular weight is 207 g/mol. The van der Waals surface area contributed by atoms with E-state index in [9.17, 15) is 9.90 Å². The van der Waals surface area contributed by atoms with Crippen molar-refractivity contribution in [1.29, 1.82) is 0 Å². The standard InChI is InChI=1S/C12H17NO2/c1-2-10-7-11(14)13(8-10)9-12(15)5-3-4-6-12/h1,10,15H,3-9H2. The van der Waals surface area contributed by atoms with Crippen LogP contribution < -0.4 is 0 Å². The Hall–Kier alpha value is -1.01. The fraction of sp³-hybridized carbons (Fsp3) is 0.750. The minimum atomic E-state index is -0.640. The number of hydrogen-bond acceptors (Lipinski definition) is 2. The summed E-state index contributed by atoms with van der Waals surface area (Å²) in [4.78, 5) is 13.3. The molecular weight excluding hydrogens is 190 g/mol. The van der Waals surface area contributed by atoms with Crippen molar-refractivity contribution in [1.82, 2.24) is 4.90 Å². The smallest absolute Gasteiger partial charge is 0.224 e. The van der Waals surface area contributed by atoms with Crippen molar-refractivity contribution in [2.75, 3.05) is 13.1 Å². The number of likely N-dealkylation sites (tertiary alicyclic amines) is 1. The zero-order valence-corrected chi connectivity index (χ0v) is 8.91. The number of rotatable bonds is 2. The van der Waals surface area contributed by atoms with E-state index in [2.05, 4.69) is 5.92 Å². The number of carbonyl (C=O) groups excluding carboxylic acids is 1. The molecule has 1 unspecified atom stereocenters. The van der Waals surface area contributed by atoms with Gasteiger partial charge in [-0.2, -0.15) is 0 Å². The molecule has 1 atom stereocenters. The van der Waals surface area contributed by atoms with E-state index in [1.165, 1.54) is 0 Å². The van der Waals surface area contributed by atoms with Crippen LogP contribution in [-0.2, 0) is 4.79 Å². The lowest BCUT2D eigenvalue weighted by atomic mass is 10.0. The van der Waals surface area contributed by atoms with Gasteiger partial charge in [-0.1, -0.05) is 12.8 Å². The number of aliphatic hydroxyl groups is 1. The van der Waals surface area contributed by atoms with Crippen LogP contribution in [0, 0.1) is 18.3 Å². The second-order valence-electron chi connectivity index (χ2n) is 4.77. The molecule has 0 aromatic heterocycles. The molecule has 3 heteroatoms. The van der Waals surface area contributed by atoms with Crippen LogP contribution in [0.4, 0.5) is 0 Å². The molecule has 3 nitrogen and oxygen atoms in total. The first-order valence-electron chi connectivity index (χ1n) is 5.59. The lowest BCUT2D eigenvalue weighted by molar-refractivity contribution is -0.130.